The van der Waals surface area contributed by atoms with E-state index in [0.29, 0.717) is 36.5 Å². The van der Waals surface area contributed by atoms with Crippen molar-refractivity contribution in [2.24, 2.45) is 104 Å². The summed E-state index contributed by atoms with van der Waals surface area (Å²) in [5, 5.41) is 0. The molecule has 648 valence electrons. The molecule has 0 spiro atoms. The van der Waals surface area contributed by atoms with E-state index in [1.54, 1.807) is 34.6 Å². The summed E-state index contributed by atoms with van der Waals surface area (Å²) in [7, 11) is 0. The van der Waals surface area contributed by atoms with Crippen molar-refractivity contribution < 1.29 is 121 Å². The SMILES string of the molecule is CC1CC(C)C(C(F)(F)F)C1.CC1CCC(C(F)(F)F)C1C.CCC(C)(C(F)(F)F)C(F)(F)F.CCC(C)(C)C.CCC(C)(C)C(F)(F)F.CCC(F)(F)C(C)C.CCCC(C)(C)C.CCCC(C)C(F)F.CCCC(C)CF.[2H]C([2H])(C)C(C)(C)C.[2H]C([2H])(C)CC(C)C(F)(F)F.[2H]C1(C)C(C)CCC1C(F)(F)F. The highest BCUT2D eigenvalue weighted by Gasteiger charge is 2.66. The molecule has 3 fully saturated rings. The highest BCUT2D eigenvalue weighted by atomic mass is 19.4. The van der Waals surface area contributed by atoms with Crippen molar-refractivity contribution in [2.45, 2.75) is 399 Å². The first-order chi connectivity index (χ1) is 48.0. The predicted molar refractivity (Wildman–Crippen MR) is 386 cm³/mol. The molecule has 0 aromatic rings. The quantitative estimate of drug-likeness (QED) is 0.161. The van der Waals surface area contributed by atoms with Gasteiger partial charge in [0.2, 0.25) is 12.3 Å². The molecule has 12 atom stereocenters. The van der Waals surface area contributed by atoms with Crippen molar-refractivity contribution in [3.05, 3.63) is 0 Å². The minimum atomic E-state index is -5.24. The zero-order valence-electron chi connectivity index (χ0n) is 75.1. The number of hydrogen-bond donors (Lipinski definition) is 0. The van der Waals surface area contributed by atoms with E-state index in [2.05, 4.69) is 62.3 Å². The van der Waals surface area contributed by atoms with Crippen molar-refractivity contribution in [3.8, 4) is 0 Å². The maximum atomic E-state index is 12.3. The number of rotatable bonds is 13. The van der Waals surface area contributed by atoms with Crippen molar-refractivity contribution in [1.29, 1.82) is 0 Å². The van der Waals surface area contributed by atoms with Crippen molar-refractivity contribution in [1.82, 2.24) is 0 Å². The molecule has 0 amide bonds. The molecule has 12 unspecified atom stereocenters. The Kier molecular flexibility index (Phi) is 57.1. The standard InChI is InChI=1S/3C8H13F3.C7H16.C6H8F6.2C6H11F3.2C6H12F2.C6H13F.2C6H14/c1-5-3-6(2)7(4-5)8(9,10)11;2*1-5-3-4-7(6(5)2)8(9,10)11;1-5-6-7(2,3)4;1-3-4(2,5(7,8)9)6(10,11)12;1-4-5(2,3)6(7,8)9;1-3-4-5(2)6(7,8)9;1-4-6(7,8)5(2)3;1-3-4-5(2)6(7)8;1-3-4-6(2)5-7;2*1-5-6(2,3)4/h3*5-7H,3-4H2,1-2H3;5-6H2,1-4H3;3H2,1-2H3;4H2,1-3H3;5H,3-4H2,1-2H3;5H,4H2,1-3H3;5-6H,3-4H2,1-2H3;6H,3-5H2,1-2H3;2*5H2,1-4H3/i;6D;;;;;3D2;;;;5D2;. The molecule has 105 heavy (non-hydrogen) atoms. The summed E-state index contributed by atoms with van der Waals surface area (Å²) in [6, 6.07) is 0. The Morgan fingerprint density at radius 3 is 0.867 bits per heavy atom. The molecule has 0 N–H and O–H groups in total. The Morgan fingerprint density at radius 2 is 0.781 bits per heavy atom. The second kappa shape index (κ2) is 54.8. The van der Waals surface area contributed by atoms with Crippen LogP contribution in [0.2, 0.25) is 0 Å². The van der Waals surface area contributed by atoms with Gasteiger partial charge in [-0.1, -0.05) is 253 Å². The van der Waals surface area contributed by atoms with Gasteiger partial charge in [-0.3, -0.25) is 4.39 Å². The second-order valence-electron chi connectivity index (χ2n) is 33.1. The van der Waals surface area contributed by atoms with Gasteiger partial charge in [-0.2, -0.15) is 92.2 Å². The zero-order chi connectivity index (χ0) is 91.2. The molecule has 0 nitrogen and oxygen atoms in total. The van der Waals surface area contributed by atoms with Gasteiger partial charge >= 0.3 is 43.2 Å². The largest absolute Gasteiger partial charge is 0.402 e. The van der Waals surface area contributed by atoms with E-state index in [0.717, 1.165) is 52.9 Å². The van der Waals surface area contributed by atoms with Gasteiger partial charge in [-0.05, 0) is 142 Å². The molecule has 3 aliphatic carbocycles. The average molecular weight is 1600 g/mol. The maximum absolute atomic E-state index is 12.3. The van der Waals surface area contributed by atoms with E-state index in [4.69, 9.17) is 6.85 Å². The molecule has 3 aliphatic rings. The van der Waals surface area contributed by atoms with Gasteiger partial charge in [0.1, 0.15) is 0 Å². The van der Waals surface area contributed by atoms with Gasteiger partial charge in [0.25, 0.3) is 0 Å². The molecule has 3 saturated carbocycles. The van der Waals surface area contributed by atoms with Gasteiger partial charge in [-0.25, -0.2) is 17.6 Å². The molecule has 0 aromatic heterocycles. The lowest BCUT2D eigenvalue weighted by Gasteiger charge is -2.32. The fraction of sp³-hybridized carbons (Fsp3) is 1.00. The normalized spacial score (nSPS) is 23.6. The van der Waals surface area contributed by atoms with Crippen LogP contribution >= 0.6 is 0 Å². The van der Waals surface area contributed by atoms with Gasteiger partial charge in [0.15, 0.2) is 5.41 Å². The van der Waals surface area contributed by atoms with Crippen LogP contribution in [0.4, 0.5) is 114 Å². The highest BCUT2D eigenvalue weighted by molar-refractivity contribution is 4.88. The lowest BCUT2D eigenvalue weighted by atomic mass is 9.86. The molecular weight excluding hydrogens is 1440 g/mol. The van der Waals surface area contributed by atoms with Crippen LogP contribution in [-0.4, -0.2) is 62.3 Å². The molecular formula is C79H150F26. The van der Waals surface area contributed by atoms with Crippen LogP contribution in [0.5, 0.6) is 0 Å². The summed E-state index contributed by atoms with van der Waals surface area (Å²) in [5.41, 5.74) is -4.24. The second-order valence-corrected chi connectivity index (χ2v) is 33.1. The van der Waals surface area contributed by atoms with E-state index in [1.807, 2.05) is 48.5 Å². The summed E-state index contributed by atoms with van der Waals surface area (Å²) in [5.74, 6) is -9.55. The van der Waals surface area contributed by atoms with Crippen LogP contribution in [-0.2, 0) is 0 Å². The number of halogens is 26. The average Bonchev–Trinajstić information content (AvgIpc) is 0.939. The van der Waals surface area contributed by atoms with E-state index in [-0.39, 0.29) is 73.8 Å². The van der Waals surface area contributed by atoms with Crippen molar-refractivity contribution in [2.75, 3.05) is 6.67 Å². The first-order valence-corrected chi connectivity index (χ1v) is 37.1. The molecule has 0 heterocycles. The van der Waals surface area contributed by atoms with Crippen LogP contribution in [0.1, 0.15) is 350 Å². The third kappa shape index (κ3) is 63.4. The smallest absolute Gasteiger partial charge is 0.251 e. The monoisotopic (exact) mass is 1600 g/mol. The van der Waals surface area contributed by atoms with E-state index in [9.17, 15) is 114 Å². The molecule has 26 heteroatoms. The van der Waals surface area contributed by atoms with Gasteiger partial charge in [-0.15, -0.1) is 0 Å². The van der Waals surface area contributed by atoms with Crippen LogP contribution in [0.3, 0.4) is 0 Å². The van der Waals surface area contributed by atoms with Crippen molar-refractivity contribution >= 4 is 0 Å². The molecule has 0 bridgehead atoms. The van der Waals surface area contributed by atoms with E-state index >= 15 is 0 Å². The lowest BCUT2D eigenvalue weighted by molar-refractivity contribution is -0.335. The molecule has 0 saturated heterocycles. The third-order valence-electron chi connectivity index (χ3n) is 19.1. The topological polar surface area (TPSA) is 0 Å². The molecule has 0 aromatic carbocycles. The Hall–Kier alpha value is -1.82. The first kappa shape index (κ1) is 110. The Balaban J connectivity index is -0.000000145. The predicted octanol–water partition coefficient (Wildman–Crippen LogP) is 34.7. The summed E-state index contributed by atoms with van der Waals surface area (Å²) >= 11 is 0. The number of hydrogen-bond acceptors (Lipinski definition) is 0. The Labute approximate surface area is 629 Å². The van der Waals surface area contributed by atoms with Gasteiger partial charge < -0.3 is 0 Å². The van der Waals surface area contributed by atoms with Crippen LogP contribution < -0.4 is 0 Å². The van der Waals surface area contributed by atoms with Crippen molar-refractivity contribution in [3.63, 3.8) is 0 Å². The zero-order valence-corrected chi connectivity index (χ0v) is 70.1. The maximum Gasteiger partial charge on any atom is 0.402 e. The minimum absolute atomic E-state index is 0.0509. The summed E-state index contributed by atoms with van der Waals surface area (Å²) in [6.07, 6.45) is -27.0. The van der Waals surface area contributed by atoms with Gasteiger partial charge in [0.05, 0.1) is 35.8 Å². The van der Waals surface area contributed by atoms with Crippen LogP contribution in [0.25, 0.3) is 0 Å². The van der Waals surface area contributed by atoms with E-state index in [1.165, 1.54) is 67.7 Å². The highest BCUT2D eigenvalue weighted by Crippen LogP contribution is 2.53. The summed E-state index contributed by atoms with van der Waals surface area (Å²) < 4.78 is 348. The van der Waals surface area contributed by atoms with E-state index < -0.39 is 133 Å². The summed E-state index contributed by atoms with van der Waals surface area (Å²) in [6.45, 7) is 54.6. The first-order valence-electron chi connectivity index (χ1n) is 39.6. The fourth-order valence-electron chi connectivity index (χ4n) is 8.97. The number of alkyl halides is 26. The Morgan fingerprint density at radius 1 is 0.410 bits per heavy atom. The van der Waals surface area contributed by atoms with Gasteiger partial charge in [0, 0.05) is 25.1 Å². The lowest BCUT2D eigenvalue weighted by Crippen LogP contribution is -2.47. The molecule has 0 aliphatic heterocycles. The molecule has 3 rings (SSSR count). The Bertz CT molecular complexity index is 2160. The fourth-order valence-corrected chi connectivity index (χ4v) is 8.97. The molecule has 0 radical (unpaired) electrons. The third-order valence-corrected chi connectivity index (χ3v) is 19.1. The minimum Gasteiger partial charge on any atom is -0.251 e. The summed E-state index contributed by atoms with van der Waals surface area (Å²) in [4.78, 5) is 0. The van der Waals surface area contributed by atoms with Crippen LogP contribution in [0, 0.1) is 104 Å². The van der Waals surface area contributed by atoms with Crippen LogP contribution in [0.15, 0.2) is 0 Å².